The summed E-state index contributed by atoms with van der Waals surface area (Å²) in [4.78, 5) is 21.3. The van der Waals surface area contributed by atoms with E-state index in [0.29, 0.717) is 23.1 Å². The highest BCUT2D eigenvalue weighted by molar-refractivity contribution is 7.92. The summed E-state index contributed by atoms with van der Waals surface area (Å²) in [6.45, 7) is 1.82. The second-order valence-electron chi connectivity index (χ2n) is 7.07. The number of aromatic nitrogens is 2. The summed E-state index contributed by atoms with van der Waals surface area (Å²) in [5.74, 6) is -5.05. The highest BCUT2D eigenvalue weighted by Gasteiger charge is 2.45. The fourth-order valence-corrected chi connectivity index (χ4v) is 4.83. The van der Waals surface area contributed by atoms with Crippen molar-refractivity contribution in [3.8, 4) is 0 Å². The van der Waals surface area contributed by atoms with E-state index < -0.39 is 49.2 Å². The van der Waals surface area contributed by atoms with E-state index >= 15 is 4.39 Å². The van der Waals surface area contributed by atoms with Crippen molar-refractivity contribution in [3.05, 3.63) is 76.4 Å². The molecule has 1 atom stereocenters. The Hall–Kier alpha value is -3.16. The molecule has 0 saturated carbocycles. The van der Waals surface area contributed by atoms with Crippen LogP contribution in [-0.2, 0) is 19.7 Å². The Morgan fingerprint density at radius 1 is 1.17 bits per heavy atom. The fourth-order valence-electron chi connectivity index (χ4n) is 3.01. The number of rotatable bonds is 8. The zero-order valence-corrected chi connectivity index (χ0v) is 20.5. The molecular weight excluding hydrogens is 551 g/mol. The molecule has 2 aromatic carbocycles. The van der Waals surface area contributed by atoms with Gasteiger partial charge in [0.2, 0.25) is 0 Å². The van der Waals surface area contributed by atoms with Crippen molar-refractivity contribution in [2.24, 2.45) is 0 Å². The minimum absolute atomic E-state index is 0.0132. The molecule has 1 aromatic heterocycles. The minimum atomic E-state index is -5.56. The zero-order valence-electron chi connectivity index (χ0n) is 18.1. The van der Waals surface area contributed by atoms with Gasteiger partial charge in [0.15, 0.2) is 5.82 Å². The number of nitrogens with one attached hydrogen (secondary N) is 1. The van der Waals surface area contributed by atoms with E-state index in [1.807, 2.05) is 6.92 Å². The fraction of sp³-hybridized carbons (Fsp3) is 0.190. The van der Waals surface area contributed by atoms with Gasteiger partial charge in [-0.05, 0) is 30.2 Å². The first-order valence-electron chi connectivity index (χ1n) is 9.96. The number of sulfonamides is 1. The molecule has 192 valence electrons. The van der Waals surface area contributed by atoms with Crippen LogP contribution in [0.1, 0.15) is 24.9 Å². The summed E-state index contributed by atoms with van der Waals surface area (Å²) in [6, 6.07) is 8.68. The average Bonchev–Trinajstić information content (AvgIpc) is 2.82. The Bertz CT molecular complexity index is 1360. The minimum Gasteiger partial charge on any atom is -0.377 e. The number of hydrogen-bond acceptors (Lipinski definition) is 7. The van der Waals surface area contributed by atoms with Gasteiger partial charge in [-0.3, -0.25) is 0 Å². The van der Waals surface area contributed by atoms with Gasteiger partial charge in [-0.15, -0.1) is 0 Å². The molecule has 3 aromatic rings. The normalized spacial score (nSPS) is 12.6. The Balaban J connectivity index is 2.02. The van der Waals surface area contributed by atoms with E-state index in [1.54, 1.807) is 24.3 Å². The van der Waals surface area contributed by atoms with Crippen LogP contribution in [0.15, 0.2) is 59.9 Å². The smallest absolute Gasteiger partial charge is 0.377 e. The van der Waals surface area contributed by atoms with E-state index in [9.17, 15) is 26.4 Å². The Labute approximate surface area is 212 Å². The summed E-state index contributed by atoms with van der Waals surface area (Å²) >= 11 is 12.4. The third-order valence-corrected chi connectivity index (χ3v) is 6.91. The van der Waals surface area contributed by atoms with Crippen LogP contribution in [0.2, 0.25) is 10.0 Å². The van der Waals surface area contributed by atoms with E-state index in [-0.39, 0.29) is 10.7 Å². The molecule has 0 radical (unpaired) electrons. The Morgan fingerprint density at radius 3 is 2.44 bits per heavy atom. The standard InChI is InChI=1S/C21H16Cl2F4N4O4S/c1-2-16(12-5-3-4-6-13(12)22)30-17-10-15(24)18(9-14(17)23)36(33,34)31(19-7-8-28-11-29-19)35-20(32)21(25,26)27/h3-11,16,30H,2H2,1H3/t16-/m0/s1. The number of alkyl halides is 3. The van der Waals surface area contributed by atoms with Gasteiger partial charge in [0.1, 0.15) is 17.0 Å². The van der Waals surface area contributed by atoms with Crippen LogP contribution >= 0.6 is 23.2 Å². The molecule has 0 aliphatic rings. The van der Waals surface area contributed by atoms with Gasteiger partial charge in [-0.2, -0.15) is 21.6 Å². The monoisotopic (exact) mass is 566 g/mol. The second-order valence-corrected chi connectivity index (χ2v) is 9.60. The molecule has 36 heavy (non-hydrogen) atoms. The van der Waals surface area contributed by atoms with Crippen LogP contribution in [0.5, 0.6) is 0 Å². The lowest BCUT2D eigenvalue weighted by Gasteiger charge is -2.23. The molecule has 0 amide bonds. The maximum atomic E-state index is 15.1. The highest BCUT2D eigenvalue weighted by atomic mass is 35.5. The number of benzene rings is 2. The van der Waals surface area contributed by atoms with Crippen LogP contribution in [0, 0.1) is 5.82 Å². The lowest BCUT2D eigenvalue weighted by molar-refractivity contribution is -0.199. The molecule has 0 aliphatic carbocycles. The number of anilines is 2. The molecule has 0 unspecified atom stereocenters. The van der Waals surface area contributed by atoms with Crippen molar-refractivity contribution < 1.29 is 35.6 Å². The SMILES string of the molecule is CC[C@H](Nc1cc(F)c(S(=O)(=O)N(OC(=O)C(F)(F)F)c2ccncn2)cc1Cl)c1ccccc1Cl. The summed E-state index contributed by atoms with van der Waals surface area (Å²) < 4.78 is 79.2. The molecule has 0 bridgehead atoms. The van der Waals surface area contributed by atoms with Gasteiger partial charge in [-0.25, -0.2) is 19.2 Å². The van der Waals surface area contributed by atoms with E-state index in [4.69, 9.17) is 23.2 Å². The molecule has 3 rings (SSSR count). The summed E-state index contributed by atoms with van der Waals surface area (Å²) in [7, 11) is -5.28. The quantitative estimate of drug-likeness (QED) is 0.275. The summed E-state index contributed by atoms with van der Waals surface area (Å²) in [5, 5.41) is 3.11. The molecule has 0 spiro atoms. The molecule has 0 aliphatic heterocycles. The molecule has 0 fully saturated rings. The number of carbonyl (C=O) groups excluding carboxylic acids is 1. The Kier molecular flexibility index (Phi) is 8.26. The van der Waals surface area contributed by atoms with Crippen LogP contribution in [0.3, 0.4) is 0 Å². The van der Waals surface area contributed by atoms with E-state index in [2.05, 4.69) is 20.1 Å². The number of nitrogens with zero attached hydrogens (tertiary/aromatic N) is 3. The van der Waals surface area contributed by atoms with Crippen LogP contribution in [-0.4, -0.2) is 30.5 Å². The van der Waals surface area contributed by atoms with Gasteiger partial charge in [0.05, 0.1) is 16.8 Å². The van der Waals surface area contributed by atoms with Gasteiger partial charge < -0.3 is 10.2 Å². The van der Waals surface area contributed by atoms with Crippen LogP contribution < -0.4 is 9.79 Å². The first-order chi connectivity index (χ1) is 16.9. The maximum absolute atomic E-state index is 15.1. The molecule has 15 heteroatoms. The van der Waals surface area contributed by atoms with Crippen LogP contribution in [0.25, 0.3) is 0 Å². The van der Waals surface area contributed by atoms with Crippen molar-refractivity contribution in [2.75, 3.05) is 9.79 Å². The Morgan fingerprint density at radius 2 is 1.86 bits per heavy atom. The largest absolute Gasteiger partial charge is 0.493 e. The molecule has 8 nitrogen and oxygen atoms in total. The summed E-state index contributed by atoms with van der Waals surface area (Å²) in [6.07, 6.45) is -3.31. The van der Waals surface area contributed by atoms with Crippen molar-refractivity contribution in [1.82, 2.24) is 9.97 Å². The zero-order chi connectivity index (χ0) is 26.7. The van der Waals surface area contributed by atoms with Crippen molar-refractivity contribution >= 4 is 50.7 Å². The molecule has 1 N–H and O–H groups in total. The second kappa shape index (κ2) is 10.8. The predicted octanol–water partition coefficient (Wildman–Crippen LogP) is 5.70. The number of halogens is 6. The molecule has 1 heterocycles. The van der Waals surface area contributed by atoms with Crippen molar-refractivity contribution in [1.29, 1.82) is 0 Å². The summed E-state index contributed by atoms with van der Waals surface area (Å²) in [5.41, 5.74) is 0.657. The van der Waals surface area contributed by atoms with E-state index in [1.165, 1.54) is 0 Å². The lowest BCUT2D eigenvalue weighted by Crippen LogP contribution is -2.39. The van der Waals surface area contributed by atoms with E-state index in [0.717, 1.165) is 24.7 Å². The molecular formula is C21H16Cl2F4N4O4S. The average molecular weight is 567 g/mol. The van der Waals surface area contributed by atoms with Gasteiger partial charge in [-0.1, -0.05) is 52.8 Å². The number of hydrogen-bond donors (Lipinski definition) is 1. The van der Waals surface area contributed by atoms with Gasteiger partial charge in [0, 0.05) is 17.3 Å². The maximum Gasteiger partial charge on any atom is 0.493 e. The first-order valence-corrected chi connectivity index (χ1v) is 12.2. The molecule has 0 saturated heterocycles. The third-order valence-electron chi connectivity index (χ3n) is 4.69. The highest BCUT2D eigenvalue weighted by Crippen LogP contribution is 2.35. The van der Waals surface area contributed by atoms with Crippen molar-refractivity contribution in [2.45, 2.75) is 30.5 Å². The predicted molar refractivity (Wildman–Crippen MR) is 123 cm³/mol. The topological polar surface area (TPSA) is 101 Å². The van der Waals surface area contributed by atoms with Gasteiger partial charge in [0.25, 0.3) is 10.0 Å². The lowest BCUT2D eigenvalue weighted by atomic mass is 10.0. The van der Waals surface area contributed by atoms with Gasteiger partial charge >= 0.3 is 12.1 Å². The van der Waals surface area contributed by atoms with Crippen LogP contribution in [0.4, 0.5) is 29.1 Å². The first kappa shape index (κ1) is 27.4. The number of carbonyl (C=O) groups is 1. The third kappa shape index (κ3) is 5.97. The van der Waals surface area contributed by atoms with Crippen molar-refractivity contribution in [3.63, 3.8) is 0 Å².